The lowest BCUT2D eigenvalue weighted by Crippen LogP contribution is -1.91. The molecule has 0 aliphatic carbocycles. The van der Waals surface area contributed by atoms with E-state index >= 15 is 0 Å². The monoisotopic (exact) mass is 227 g/mol. The summed E-state index contributed by atoms with van der Waals surface area (Å²) in [6.07, 6.45) is 2.26. The van der Waals surface area contributed by atoms with Crippen molar-refractivity contribution in [3.63, 3.8) is 0 Å². The second-order valence-corrected chi connectivity index (χ2v) is 4.12. The van der Waals surface area contributed by atoms with Crippen LogP contribution < -0.4 is 5.32 Å². The molecule has 2 aromatic carbocycles. The van der Waals surface area contributed by atoms with Gasteiger partial charge in [0.25, 0.3) is 0 Å². The third kappa shape index (κ3) is 3.25. The van der Waals surface area contributed by atoms with Gasteiger partial charge >= 0.3 is 0 Å². The van der Waals surface area contributed by atoms with Crippen LogP contribution in [0.2, 0.25) is 0 Å². The number of hydrogen-bond donors (Lipinski definition) is 2. The van der Waals surface area contributed by atoms with Gasteiger partial charge in [-0.2, -0.15) is 0 Å². The minimum atomic E-state index is 0.287. The number of anilines is 2. The fourth-order valence-electron chi connectivity index (χ4n) is 1.80. The molecule has 2 heteroatoms. The van der Waals surface area contributed by atoms with Crippen molar-refractivity contribution in [1.29, 1.82) is 0 Å². The van der Waals surface area contributed by atoms with Gasteiger partial charge in [0.1, 0.15) is 5.75 Å². The number of aryl methyl sites for hydroxylation is 1. The van der Waals surface area contributed by atoms with E-state index in [1.165, 1.54) is 5.56 Å². The van der Waals surface area contributed by atoms with E-state index in [0.717, 1.165) is 24.2 Å². The molecule has 0 radical (unpaired) electrons. The summed E-state index contributed by atoms with van der Waals surface area (Å²) in [5.74, 6) is 0.287. The molecule has 2 N–H and O–H groups in total. The number of benzene rings is 2. The zero-order valence-corrected chi connectivity index (χ0v) is 9.98. The third-order valence-corrected chi connectivity index (χ3v) is 2.62. The molecule has 0 unspecified atom stereocenters. The predicted molar refractivity (Wildman–Crippen MR) is 71.8 cm³/mol. The molecule has 0 saturated carbocycles. The van der Waals surface area contributed by atoms with Crippen LogP contribution in [0.15, 0.2) is 48.5 Å². The number of hydrogen-bond acceptors (Lipinski definition) is 2. The van der Waals surface area contributed by atoms with E-state index in [2.05, 4.69) is 30.4 Å². The van der Waals surface area contributed by atoms with Crippen molar-refractivity contribution in [3.8, 4) is 5.75 Å². The van der Waals surface area contributed by atoms with Crippen LogP contribution in [0.5, 0.6) is 5.75 Å². The van der Waals surface area contributed by atoms with Crippen LogP contribution in [0, 0.1) is 0 Å². The maximum atomic E-state index is 9.21. The molecule has 0 aliphatic rings. The lowest BCUT2D eigenvalue weighted by molar-refractivity contribution is 0.475. The second kappa shape index (κ2) is 5.39. The zero-order chi connectivity index (χ0) is 12.1. The number of phenols is 1. The van der Waals surface area contributed by atoms with Gasteiger partial charge in [-0.15, -0.1) is 0 Å². The van der Waals surface area contributed by atoms with Gasteiger partial charge in [-0.1, -0.05) is 25.5 Å². The van der Waals surface area contributed by atoms with Gasteiger partial charge in [0.05, 0.1) is 0 Å². The number of rotatable bonds is 4. The molecule has 0 aliphatic heterocycles. The minimum absolute atomic E-state index is 0.287. The summed E-state index contributed by atoms with van der Waals surface area (Å²) < 4.78 is 0. The van der Waals surface area contributed by atoms with Crippen LogP contribution in [-0.2, 0) is 6.42 Å². The molecule has 2 nitrogen and oxygen atoms in total. The smallest absolute Gasteiger partial charge is 0.115 e. The Labute approximate surface area is 102 Å². The highest BCUT2D eigenvalue weighted by Crippen LogP contribution is 2.20. The van der Waals surface area contributed by atoms with Gasteiger partial charge in [0, 0.05) is 11.4 Å². The summed E-state index contributed by atoms with van der Waals surface area (Å²) in [4.78, 5) is 0. The fraction of sp³-hybridized carbons (Fsp3) is 0.200. The summed E-state index contributed by atoms with van der Waals surface area (Å²) in [6, 6.07) is 15.5. The molecule has 2 rings (SSSR count). The van der Waals surface area contributed by atoms with E-state index in [4.69, 9.17) is 0 Å². The Hall–Kier alpha value is -1.96. The van der Waals surface area contributed by atoms with Crippen molar-refractivity contribution >= 4 is 11.4 Å². The van der Waals surface area contributed by atoms with Crippen molar-refractivity contribution < 1.29 is 5.11 Å². The van der Waals surface area contributed by atoms with Gasteiger partial charge in [-0.3, -0.25) is 0 Å². The average Bonchev–Trinajstić information content (AvgIpc) is 2.33. The Balaban J connectivity index is 2.12. The quantitative estimate of drug-likeness (QED) is 0.771. The van der Waals surface area contributed by atoms with Crippen molar-refractivity contribution in [2.45, 2.75) is 19.8 Å². The lowest BCUT2D eigenvalue weighted by Gasteiger charge is -2.08. The topological polar surface area (TPSA) is 32.3 Å². The summed E-state index contributed by atoms with van der Waals surface area (Å²) >= 11 is 0. The second-order valence-electron chi connectivity index (χ2n) is 4.12. The Bertz CT molecular complexity index is 477. The highest BCUT2D eigenvalue weighted by molar-refractivity contribution is 5.60. The summed E-state index contributed by atoms with van der Waals surface area (Å²) in [7, 11) is 0. The summed E-state index contributed by atoms with van der Waals surface area (Å²) in [6.45, 7) is 2.18. The molecular formula is C15H17NO. The van der Waals surface area contributed by atoms with Gasteiger partial charge in [0.2, 0.25) is 0 Å². The first-order chi connectivity index (χ1) is 8.28. The molecule has 17 heavy (non-hydrogen) atoms. The van der Waals surface area contributed by atoms with Crippen LogP contribution in [0.3, 0.4) is 0 Å². The first-order valence-corrected chi connectivity index (χ1v) is 5.93. The molecule has 0 spiro atoms. The normalized spacial score (nSPS) is 10.2. The maximum Gasteiger partial charge on any atom is 0.115 e. The van der Waals surface area contributed by atoms with Crippen LogP contribution in [0.4, 0.5) is 11.4 Å². The number of nitrogens with one attached hydrogen (secondary N) is 1. The van der Waals surface area contributed by atoms with Gasteiger partial charge < -0.3 is 10.4 Å². The van der Waals surface area contributed by atoms with Gasteiger partial charge in [0.15, 0.2) is 0 Å². The van der Waals surface area contributed by atoms with E-state index < -0.39 is 0 Å². The zero-order valence-electron chi connectivity index (χ0n) is 9.98. The first-order valence-electron chi connectivity index (χ1n) is 5.93. The van der Waals surface area contributed by atoms with Crippen molar-refractivity contribution in [1.82, 2.24) is 0 Å². The summed E-state index contributed by atoms with van der Waals surface area (Å²) in [5, 5.41) is 12.5. The van der Waals surface area contributed by atoms with E-state index in [1.54, 1.807) is 12.1 Å². The molecule has 0 bridgehead atoms. The van der Waals surface area contributed by atoms with Crippen LogP contribution in [0.1, 0.15) is 18.9 Å². The molecule has 2 aromatic rings. The van der Waals surface area contributed by atoms with E-state index in [0.29, 0.717) is 0 Å². The van der Waals surface area contributed by atoms with Gasteiger partial charge in [-0.05, 0) is 48.4 Å². The number of phenolic OH excluding ortho intramolecular Hbond substituents is 1. The molecule has 0 atom stereocenters. The lowest BCUT2D eigenvalue weighted by atomic mass is 10.1. The molecule has 0 heterocycles. The van der Waals surface area contributed by atoms with E-state index in [1.807, 2.05) is 18.2 Å². The molecule has 0 aromatic heterocycles. The Morgan fingerprint density at radius 3 is 2.47 bits per heavy atom. The minimum Gasteiger partial charge on any atom is -0.508 e. The molecular weight excluding hydrogens is 210 g/mol. The molecule has 0 fully saturated rings. The van der Waals surface area contributed by atoms with E-state index in [9.17, 15) is 5.11 Å². The largest absolute Gasteiger partial charge is 0.508 e. The third-order valence-electron chi connectivity index (χ3n) is 2.62. The average molecular weight is 227 g/mol. The molecule has 0 amide bonds. The standard InChI is InChI=1S/C15H17NO/c1-2-4-12-5-3-6-14(11-12)16-13-7-9-15(17)10-8-13/h3,5-11,16-17H,2,4H2,1H3. The van der Waals surface area contributed by atoms with Gasteiger partial charge in [-0.25, -0.2) is 0 Å². The van der Waals surface area contributed by atoms with Crippen molar-refractivity contribution in [3.05, 3.63) is 54.1 Å². The van der Waals surface area contributed by atoms with E-state index in [-0.39, 0.29) is 5.75 Å². The van der Waals surface area contributed by atoms with Crippen molar-refractivity contribution in [2.75, 3.05) is 5.32 Å². The highest BCUT2D eigenvalue weighted by atomic mass is 16.3. The highest BCUT2D eigenvalue weighted by Gasteiger charge is 1.97. The Kier molecular flexibility index (Phi) is 3.66. The van der Waals surface area contributed by atoms with Crippen molar-refractivity contribution in [2.24, 2.45) is 0 Å². The Morgan fingerprint density at radius 2 is 1.76 bits per heavy atom. The maximum absolute atomic E-state index is 9.21. The van der Waals surface area contributed by atoms with Crippen LogP contribution in [0.25, 0.3) is 0 Å². The van der Waals surface area contributed by atoms with Crippen LogP contribution >= 0.6 is 0 Å². The van der Waals surface area contributed by atoms with Crippen LogP contribution in [-0.4, -0.2) is 5.11 Å². The first kappa shape index (κ1) is 11.5. The molecule has 88 valence electrons. The summed E-state index contributed by atoms with van der Waals surface area (Å²) in [5.41, 5.74) is 3.41. The fourth-order valence-corrected chi connectivity index (χ4v) is 1.80. The SMILES string of the molecule is CCCc1cccc(Nc2ccc(O)cc2)c1. The Morgan fingerprint density at radius 1 is 1.00 bits per heavy atom. The predicted octanol–water partition coefficient (Wildman–Crippen LogP) is 4.09. The number of aromatic hydroxyl groups is 1. The molecule has 0 saturated heterocycles.